The van der Waals surface area contributed by atoms with Crippen LogP contribution in [-0.2, 0) is 0 Å². The molecule has 1 aromatic carbocycles. The van der Waals surface area contributed by atoms with Crippen LogP contribution in [0, 0.1) is 0 Å². The highest BCUT2D eigenvalue weighted by molar-refractivity contribution is 5.65. The summed E-state index contributed by atoms with van der Waals surface area (Å²) in [4.78, 5) is 13.6. The molecule has 0 bridgehead atoms. The molecule has 0 amide bonds. The summed E-state index contributed by atoms with van der Waals surface area (Å²) in [6, 6.07) is 8.10. The van der Waals surface area contributed by atoms with Crippen molar-refractivity contribution in [2.24, 2.45) is 4.99 Å². The first-order valence-corrected chi connectivity index (χ1v) is 6.13. The molecule has 0 spiro atoms. The van der Waals surface area contributed by atoms with Crippen LogP contribution >= 0.6 is 0 Å². The number of hydrogen-bond acceptors (Lipinski definition) is 2. The molecule has 0 unspecified atom stereocenters. The highest BCUT2D eigenvalue weighted by Crippen LogP contribution is 2.20. The molecule has 2 rings (SSSR count). The number of H-pyrrole nitrogens is 1. The Morgan fingerprint density at radius 3 is 2.72 bits per heavy atom. The molecule has 0 aliphatic carbocycles. The molecule has 1 heterocycles. The van der Waals surface area contributed by atoms with Crippen LogP contribution in [0.5, 0.6) is 0 Å². The Kier molecular flexibility index (Phi) is 4.12. The molecule has 4 heteroatoms. The lowest BCUT2D eigenvalue weighted by molar-refractivity contribution is 0.515. The van der Waals surface area contributed by atoms with Gasteiger partial charge in [0.1, 0.15) is 0 Å². The van der Waals surface area contributed by atoms with Crippen molar-refractivity contribution in [2.45, 2.75) is 13.3 Å². The third-order valence-electron chi connectivity index (χ3n) is 2.66. The Morgan fingerprint density at radius 2 is 2.11 bits per heavy atom. The lowest BCUT2D eigenvalue weighted by Crippen LogP contribution is -2.16. The molecule has 0 saturated heterocycles. The number of aromatic nitrogens is 2. The Balaban J connectivity index is 2.04. The summed E-state index contributed by atoms with van der Waals surface area (Å²) in [6.07, 6.45) is 6.49. The molecular formula is C14H18N4. The van der Waals surface area contributed by atoms with Crippen LogP contribution in [0.4, 0.5) is 5.69 Å². The number of imidazole rings is 1. The maximum absolute atomic E-state index is 4.42. The van der Waals surface area contributed by atoms with E-state index in [0.29, 0.717) is 0 Å². The fourth-order valence-electron chi connectivity index (χ4n) is 1.72. The predicted molar refractivity (Wildman–Crippen MR) is 75.1 cm³/mol. The molecule has 2 aromatic rings. The molecule has 0 fully saturated rings. The van der Waals surface area contributed by atoms with Crippen LogP contribution in [0.15, 0.2) is 41.8 Å². The van der Waals surface area contributed by atoms with Gasteiger partial charge in [-0.15, -0.1) is 0 Å². The summed E-state index contributed by atoms with van der Waals surface area (Å²) in [7, 11) is 2.03. The van der Waals surface area contributed by atoms with Gasteiger partial charge in [-0.05, 0) is 24.1 Å². The van der Waals surface area contributed by atoms with E-state index in [1.807, 2.05) is 43.8 Å². The molecule has 1 aromatic heterocycles. The Bertz CT molecular complexity index is 485. The van der Waals surface area contributed by atoms with Gasteiger partial charge >= 0.3 is 0 Å². The summed E-state index contributed by atoms with van der Waals surface area (Å²) in [5.74, 6) is 0. The van der Waals surface area contributed by atoms with Crippen molar-refractivity contribution in [1.82, 2.24) is 14.9 Å². The monoisotopic (exact) mass is 242 g/mol. The normalized spacial score (nSPS) is 11.0. The first-order valence-electron chi connectivity index (χ1n) is 6.13. The lowest BCUT2D eigenvalue weighted by atomic mass is 10.1. The number of rotatable bonds is 5. The fraction of sp³-hybridized carbons (Fsp3) is 0.286. The standard InChI is InChI=1S/C14H18N4/c1-3-8-18(2)11-17-13-6-4-12(5-7-13)14-9-15-10-16-14/h4-7,9-11H,3,8H2,1-2H3,(H,15,16). The smallest absolute Gasteiger partial charge is 0.0924 e. The molecule has 18 heavy (non-hydrogen) atoms. The van der Waals surface area contributed by atoms with Crippen LogP contribution in [0.1, 0.15) is 13.3 Å². The summed E-state index contributed by atoms with van der Waals surface area (Å²) in [6.45, 7) is 3.18. The van der Waals surface area contributed by atoms with Crippen LogP contribution < -0.4 is 0 Å². The van der Waals surface area contributed by atoms with E-state index in [1.165, 1.54) is 0 Å². The van der Waals surface area contributed by atoms with E-state index in [0.717, 1.165) is 29.9 Å². The summed E-state index contributed by atoms with van der Waals surface area (Å²) < 4.78 is 0. The van der Waals surface area contributed by atoms with Crippen LogP contribution in [0.2, 0.25) is 0 Å². The van der Waals surface area contributed by atoms with Crippen molar-refractivity contribution in [1.29, 1.82) is 0 Å². The molecular weight excluding hydrogens is 224 g/mol. The molecule has 0 aliphatic rings. The van der Waals surface area contributed by atoms with E-state index in [9.17, 15) is 0 Å². The number of benzene rings is 1. The van der Waals surface area contributed by atoms with Crippen LogP contribution in [-0.4, -0.2) is 34.8 Å². The van der Waals surface area contributed by atoms with Crippen molar-refractivity contribution in [3.05, 3.63) is 36.8 Å². The zero-order valence-corrected chi connectivity index (χ0v) is 10.8. The van der Waals surface area contributed by atoms with Crippen molar-refractivity contribution >= 4 is 12.0 Å². The zero-order valence-electron chi connectivity index (χ0n) is 10.8. The van der Waals surface area contributed by atoms with E-state index < -0.39 is 0 Å². The second-order valence-corrected chi connectivity index (χ2v) is 4.24. The molecule has 0 aliphatic heterocycles. The summed E-state index contributed by atoms with van der Waals surface area (Å²) >= 11 is 0. The molecule has 0 saturated carbocycles. The Morgan fingerprint density at radius 1 is 1.33 bits per heavy atom. The number of hydrogen-bond donors (Lipinski definition) is 1. The predicted octanol–water partition coefficient (Wildman–Crippen LogP) is 3.08. The van der Waals surface area contributed by atoms with Crippen LogP contribution in [0.3, 0.4) is 0 Å². The number of nitrogens with zero attached hydrogens (tertiary/aromatic N) is 3. The molecule has 94 valence electrons. The maximum Gasteiger partial charge on any atom is 0.0924 e. The van der Waals surface area contributed by atoms with E-state index in [2.05, 4.69) is 26.8 Å². The van der Waals surface area contributed by atoms with Gasteiger partial charge in [-0.25, -0.2) is 9.98 Å². The van der Waals surface area contributed by atoms with Crippen LogP contribution in [0.25, 0.3) is 11.3 Å². The second kappa shape index (κ2) is 6.00. The minimum absolute atomic E-state index is 0.959. The average molecular weight is 242 g/mol. The largest absolute Gasteiger partial charge is 0.366 e. The van der Waals surface area contributed by atoms with Crippen molar-refractivity contribution in [3.8, 4) is 11.3 Å². The molecule has 1 N–H and O–H groups in total. The van der Waals surface area contributed by atoms with E-state index in [-0.39, 0.29) is 0 Å². The van der Waals surface area contributed by atoms with Crippen molar-refractivity contribution in [2.75, 3.05) is 13.6 Å². The highest BCUT2D eigenvalue weighted by atomic mass is 15.1. The van der Waals surface area contributed by atoms with Gasteiger partial charge in [-0.3, -0.25) is 0 Å². The van der Waals surface area contributed by atoms with E-state index in [1.54, 1.807) is 6.33 Å². The SMILES string of the molecule is CCCN(C)C=Nc1ccc(-c2cnc[nH]2)cc1. The highest BCUT2D eigenvalue weighted by Gasteiger charge is 1.98. The minimum atomic E-state index is 0.959. The average Bonchev–Trinajstić information content (AvgIpc) is 2.91. The first-order chi connectivity index (χ1) is 8.79. The third-order valence-corrected chi connectivity index (χ3v) is 2.66. The molecule has 0 atom stereocenters. The molecule has 0 radical (unpaired) electrons. The minimum Gasteiger partial charge on any atom is -0.366 e. The summed E-state index contributed by atoms with van der Waals surface area (Å²) in [5, 5.41) is 0. The zero-order chi connectivity index (χ0) is 12.8. The van der Waals surface area contributed by atoms with E-state index in [4.69, 9.17) is 0 Å². The van der Waals surface area contributed by atoms with Gasteiger partial charge in [0.2, 0.25) is 0 Å². The second-order valence-electron chi connectivity index (χ2n) is 4.24. The van der Waals surface area contributed by atoms with Gasteiger partial charge < -0.3 is 9.88 Å². The quantitative estimate of drug-likeness (QED) is 0.647. The number of aliphatic imine (C=N–C) groups is 1. The lowest BCUT2D eigenvalue weighted by Gasteiger charge is -2.10. The first kappa shape index (κ1) is 12.4. The Labute approximate surface area is 107 Å². The van der Waals surface area contributed by atoms with Gasteiger partial charge in [0.15, 0.2) is 0 Å². The Hall–Kier alpha value is -2.10. The number of aromatic amines is 1. The van der Waals surface area contributed by atoms with Gasteiger partial charge in [0.25, 0.3) is 0 Å². The van der Waals surface area contributed by atoms with Gasteiger partial charge in [-0.1, -0.05) is 19.1 Å². The van der Waals surface area contributed by atoms with Gasteiger partial charge in [0.05, 0.1) is 30.2 Å². The summed E-state index contributed by atoms with van der Waals surface area (Å²) in [5.41, 5.74) is 3.10. The number of nitrogens with one attached hydrogen (secondary N) is 1. The maximum atomic E-state index is 4.42. The topological polar surface area (TPSA) is 44.3 Å². The third kappa shape index (κ3) is 3.20. The van der Waals surface area contributed by atoms with Gasteiger partial charge in [0, 0.05) is 13.6 Å². The molecule has 4 nitrogen and oxygen atoms in total. The van der Waals surface area contributed by atoms with Crippen molar-refractivity contribution in [3.63, 3.8) is 0 Å². The van der Waals surface area contributed by atoms with Gasteiger partial charge in [-0.2, -0.15) is 0 Å². The van der Waals surface area contributed by atoms with E-state index >= 15 is 0 Å². The van der Waals surface area contributed by atoms with Crippen molar-refractivity contribution < 1.29 is 0 Å². The fourth-order valence-corrected chi connectivity index (χ4v) is 1.72.